The Bertz CT molecular complexity index is 743. The maximum absolute atomic E-state index is 11.8. The fourth-order valence-corrected chi connectivity index (χ4v) is 2.27. The van der Waals surface area contributed by atoms with E-state index in [-0.39, 0.29) is 24.7 Å². The molecule has 2 aromatic rings. The summed E-state index contributed by atoms with van der Waals surface area (Å²) in [5, 5.41) is 6.62. The zero-order valence-corrected chi connectivity index (χ0v) is 15.8. The van der Waals surface area contributed by atoms with E-state index in [1.54, 1.807) is 19.2 Å². The molecule has 0 aliphatic carbocycles. The lowest BCUT2D eigenvalue weighted by Crippen LogP contribution is -2.20. The lowest BCUT2D eigenvalue weighted by Gasteiger charge is -2.05. The Kier molecular flexibility index (Phi) is 7.39. The number of benzene rings is 2. The number of halogens is 1. The Morgan fingerprint density at radius 3 is 2.32 bits per heavy atom. The Labute approximate surface area is 159 Å². The molecule has 6 nitrogen and oxygen atoms in total. The highest BCUT2D eigenvalue weighted by Crippen LogP contribution is 2.12. The molecule has 0 unspecified atom stereocenters. The summed E-state index contributed by atoms with van der Waals surface area (Å²) in [6.07, 6.45) is 1.69. The average molecular weight is 451 g/mol. The summed E-state index contributed by atoms with van der Waals surface area (Å²) in [6.45, 7) is 0. The van der Waals surface area contributed by atoms with Gasteiger partial charge in [-0.15, -0.1) is 0 Å². The van der Waals surface area contributed by atoms with Gasteiger partial charge in [-0.25, -0.2) is 5.43 Å². The van der Waals surface area contributed by atoms with Gasteiger partial charge < -0.3 is 10.1 Å². The summed E-state index contributed by atoms with van der Waals surface area (Å²) >= 11 is 2.19. The third-order valence-corrected chi connectivity index (χ3v) is 3.94. The van der Waals surface area contributed by atoms with E-state index in [0.29, 0.717) is 5.69 Å². The lowest BCUT2D eigenvalue weighted by atomic mass is 10.2. The van der Waals surface area contributed by atoms with Gasteiger partial charge >= 0.3 is 0 Å². The van der Waals surface area contributed by atoms with E-state index < -0.39 is 0 Å². The summed E-state index contributed by atoms with van der Waals surface area (Å²) in [5.41, 5.74) is 3.95. The number of hydrogen-bond donors (Lipinski definition) is 2. The Morgan fingerprint density at radius 2 is 1.68 bits per heavy atom. The lowest BCUT2D eigenvalue weighted by molar-refractivity contribution is -0.124. The van der Waals surface area contributed by atoms with Crippen LogP contribution in [0.5, 0.6) is 5.75 Å². The molecule has 25 heavy (non-hydrogen) atoms. The Hall–Kier alpha value is -2.42. The van der Waals surface area contributed by atoms with Crippen molar-refractivity contribution in [3.63, 3.8) is 0 Å². The molecule has 0 radical (unpaired) electrons. The van der Waals surface area contributed by atoms with Crippen molar-refractivity contribution in [1.29, 1.82) is 0 Å². The molecule has 0 aliphatic rings. The predicted octanol–water partition coefficient (Wildman–Crippen LogP) is 3.17. The zero-order valence-electron chi connectivity index (χ0n) is 13.7. The van der Waals surface area contributed by atoms with Crippen molar-refractivity contribution in [2.45, 2.75) is 12.8 Å². The van der Waals surface area contributed by atoms with Crippen molar-refractivity contribution in [2.24, 2.45) is 5.10 Å². The fourth-order valence-electron chi connectivity index (χ4n) is 1.91. The second-order valence-corrected chi connectivity index (χ2v) is 6.37. The van der Waals surface area contributed by atoms with Crippen LogP contribution < -0.4 is 15.5 Å². The summed E-state index contributed by atoms with van der Waals surface area (Å²) in [5.74, 6) is 0.221. The van der Waals surface area contributed by atoms with Gasteiger partial charge in [0.25, 0.3) is 0 Å². The summed E-state index contributed by atoms with van der Waals surface area (Å²) < 4.78 is 6.15. The van der Waals surface area contributed by atoms with Crippen LogP contribution >= 0.6 is 22.6 Å². The van der Waals surface area contributed by atoms with E-state index in [1.807, 2.05) is 36.4 Å². The number of nitrogens with one attached hydrogen (secondary N) is 2. The highest BCUT2D eigenvalue weighted by Gasteiger charge is 2.06. The van der Waals surface area contributed by atoms with Crippen LogP contribution in [-0.2, 0) is 9.59 Å². The maximum Gasteiger partial charge on any atom is 0.240 e. The van der Waals surface area contributed by atoms with Crippen molar-refractivity contribution >= 4 is 46.3 Å². The quantitative estimate of drug-likeness (QED) is 0.386. The molecule has 2 rings (SSSR count). The highest BCUT2D eigenvalue weighted by molar-refractivity contribution is 14.1. The molecule has 2 aromatic carbocycles. The number of hydrogen-bond acceptors (Lipinski definition) is 4. The van der Waals surface area contributed by atoms with Gasteiger partial charge in [0.2, 0.25) is 11.8 Å². The number of anilines is 1. The van der Waals surface area contributed by atoms with Gasteiger partial charge in [-0.2, -0.15) is 5.10 Å². The molecule has 0 fully saturated rings. The Balaban J connectivity index is 1.71. The van der Waals surface area contributed by atoms with E-state index in [0.717, 1.165) is 14.9 Å². The first-order valence-corrected chi connectivity index (χ1v) is 8.66. The number of methoxy groups -OCH3 is 1. The SMILES string of the molecule is COc1ccc(C=NNC(=O)CCC(=O)Nc2ccc(I)cc2)cc1. The predicted molar refractivity (Wildman–Crippen MR) is 106 cm³/mol. The van der Waals surface area contributed by atoms with E-state index >= 15 is 0 Å². The molecular formula is C18H18IN3O3. The van der Waals surface area contributed by atoms with Crippen LogP contribution in [0, 0.1) is 3.57 Å². The molecule has 2 amide bonds. The molecule has 0 bridgehead atoms. The van der Waals surface area contributed by atoms with Gasteiger partial charge in [-0.3, -0.25) is 9.59 Å². The number of rotatable bonds is 7. The molecular weight excluding hydrogens is 433 g/mol. The summed E-state index contributed by atoms with van der Waals surface area (Å²) in [4.78, 5) is 23.5. The van der Waals surface area contributed by atoms with Crippen molar-refractivity contribution in [2.75, 3.05) is 12.4 Å². The molecule has 0 spiro atoms. The minimum Gasteiger partial charge on any atom is -0.497 e. The topological polar surface area (TPSA) is 79.8 Å². The van der Waals surface area contributed by atoms with E-state index in [1.165, 1.54) is 6.21 Å². The van der Waals surface area contributed by atoms with Gasteiger partial charge in [-0.05, 0) is 76.7 Å². The first kappa shape index (κ1) is 18.9. The second-order valence-electron chi connectivity index (χ2n) is 5.12. The number of nitrogens with zero attached hydrogens (tertiary/aromatic N) is 1. The van der Waals surface area contributed by atoms with Gasteiger partial charge in [-0.1, -0.05) is 0 Å². The molecule has 0 saturated heterocycles. The van der Waals surface area contributed by atoms with Crippen LogP contribution in [0.25, 0.3) is 0 Å². The Morgan fingerprint density at radius 1 is 1.04 bits per heavy atom. The highest BCUT2D eigenvalue weighted by atomic mass is 127. The summed E-state index contributed by atoms with van der Waals surface area (Å²) in [6, 6.07) is 14.7. The van der Waals surface area contributed by atoms with Crippen molar-refractivity contribution < 1.29 is 14.3 Å². The van der Waals surface area contributed by atoms with Gasteiger partial charge in [0.05, 0.1) is 13.3 Å². The average Bonchev–Trinajstić information content (AvgIpc) is 2.62. The minimum atomic E-state index is -0.317. The number of carbonyl (C=O) groups excluding carboxylic acids is 2. The molecule has 0 saturated carbocycles. The number of ether oxygens (including phenoxy) is 1. The first-order chi connectivity index (χ1) is 12.1. The molecule has 130 valence electrons. The van der Waals surface area contributed by atoms with Crippen molar-refractivity contribution in [3.05, 3.63) is 57.7 Å². The third kappa shape index (κ3) is 6.92. The van der Waals surface area contributed by atoms with Crippen LogP contribution in [-0.4, -0.2) is 25.1 Å². The van der Waals surface area contributed by atoms with Crippen molar-refractivity contribution in [1.82, 2.24) is 5.43 Å². The van der Waals surface area contributed by atoms with Crippen LogP contribution in [0.4, 0.5) is 5.69 Å². The standard InChI is InChI=1S/C18H18IN3O3/c1-25-16-8-2-13(3-9-16)12-20-22-18(24)11-10-17(23)21-15-6-4-14(19)5-7-15/h2-9,12H,10-11H2,1H3,(H,21,23)(H,22,24). The normalized spacial score (nSPS) is 10.5. The van der Waals surface area contributed by atoms with Gasteiger partial charge in [0, 0.05) is 22.1 Å². The largest absolute Gasteiger partial charge is 0.497 e. The minimum absolute atomic E-state index is 0.0656. The molecule has 0 atom stereocenters. The van der Waals surface area contributed by atoms with Crippen LogP contribution in [0.1, 0.15) is 18.4 Å². The molecule has 0 aliphatic heterocycles. The van der Waals surface area contributed by atoms with Gasteiger partial charge in [0.15, 0.2) is 0 Å². The monoisotopic (exact) mass is 451 g/mol. The zero-order chi connectivity index (χ0) is 18.1. The number of carbonyl (C=O) groups is 2. The van der Waals surface area contributed by atoms with E-state index in [4.69, 9.17) is 4.74 Å². The number of amides is 2. The van der Waals surface area contributed by atoms with Crippen LogP contribution in [0.15, 0.2) is 53.6 Å². The first-order valence-electron chi connectivity index (χ1n) is 7.58. The smallest absolute Gasteiger partial charge is 0.240 e. The van der Waals surface area contributed by atoms with E-state index in [9.17, 15) is 9.59 Å². The molecule has 0 aromatic heterocycles. The maximum atomic E-state index is 11.8. The van der Waals surface area contributed by atoms with Crippen LogP contribution in [0.3, 0.4) is 0 Å². The third-order valence-electron chi connectivity index (χ3n) is 3.23. The second kappa shape index (κ2) is 9.77. The molecule has 2 N–H and O–H groups in total. The van der Waals surface area contributed by atoms with Crippen LogP contribution in [0.2, 0.25) is 0 Å². The molecule has 7 heteroatoms. The van der Waals surface area contributed by atoms with E-state index in [2.05, 4.69) is 38.4 Å². The van der Waals surface area contributed by atoms with Crippen molar-refractivity contribution in [3.8, 4) is 5.75 Å². The van der Waals surface area contributed by atoms with Gasteiger partial charge in [0.1, 0.15) is 5.75 Å². The number of hydrazone groups is 1. The fraction of sp³-hybridized carbons (Fsp3) is 0.167. The molecule has 0 heterocycles. The summed E-state index contributed by atoms with van der Waals surface area (Å²) in [7, 11) is 1.60.